The van der Waals surface area contributed by atoms with Gasteiger partial charge in [-0.1, -0.05) is 30.3 Å². The second-order valence-electron chi connectivity index (χ2n) is 7.09. The van der Waals surface area contributed by atoms with E-state index >= 15 is 0 Å². The van der Waals surface area contributed by atoms with Crippen LogP contribution in [0, 0.1) is 11.8 Å². The molecule has 5 rings (SSSR count). The summed E-state index contributed by atoms with van der Waals surface area (Å²) in [5.41, 5.74) is 3.80. The lowest BCUT2D eigenvalue weighted by Gasteiger charge is -2.27. The molecule has 0 N–H and O–H groups in total. The summed E-state index contributed by atoms with van der Waals surface area (Å²) in [6.07, 6.45) is 6.77. The fraction of sp³-hybridized carbons (Fsp3) is 0.350. The molecule has 0 radical (unpaired) electrons. The van der Waals surface area contributed by atoms with Gasteiger partial charge in [-0.2, -0.15) is 0 Å². The minimum Gasteiger partial charge on any atom is -0.472 e. The summed E-state index contributed by atoms with van der Waals surface area (Å²) >= 11 is 0. The molecule has 4 nitrogen and oxygen atoms in total. The van der Waals surface area contributed by atoms with Crippen LogP contribution < -0.4 is 0 Å². The number of benzene rings is 1. The molecule has 1 saturated heterocycles. The first kappa shape index (κ1) is 14.1. The van der Waals surface area contributed by atoms with Crippen LogP contribution in [0.15, 0.2) is 59.5 Å². The predicted molar refractivity (Wildman–Crippen MR) is 92.3 cm³/mol. The van der Waals surface area contributed by atoms with Gasteiger partial charge in [0.2, 0.25) is 0 Å². The molecular formula is C20H21N3O. The van der Waals surface area contributed by atoms with E-state index in [-0.39, 0.29) is 0 Å². The number of likely N-dealkylation sites (tertiary alicyclic amines) is 1. The van der Waals surface area contributed by atoms with Crippen LogP contribution in [0.4, 0.5) is 0 Å². The van der Waals surface area contributed by atoms with E-state index in [4.69, 9.17) is 9.40 Å². The van der Waals surface area contributed by atoms with Crippen LogP contribution in [0.1, 0.15) is 11.4 Å². The van der Waals surface area contributed by atoms with Crippen LogP contribution in [-0.2, 0) is 19.5 Å². The van der Waals surface area contributed by atoms with Crippen LogP contribution in [0.25, 0.3) is 11.3 Å². The van der Waals surface area contributed by atoms with Crippen molar-refractivity contribution >= 4 is 0 Å². The summed E-state index contributed by atoms with van der Waals surface area (Å²) in [6, 6.07) is 12.7. The van der Waals surface area contributed by atoms with E-state index in [2.05, 4.69) is 52.1 Å². The Morgan fingerprint density at radius 3 is 2.75 bits per heavy atom. The van der Waals surface area contributed by atoms with Crippen molar-refractivity contribution in [2.24, 2.45) is 11.8 Å². The fourth-order valence-electron chi connectivity index (χ4n) is 4.33. The zero-order valence-corrected chi connectivity index (χ0v) is 13.6. The van der Waals surface area contributed by atoms with Gasteiger partial charge < -0.3 is 8.98 Å². The number of hydrogen-bond acceptors (Lipinski definition) is 3. The Balaban J connectivity index is 1.37. The SMILES string of the molecule is c1ccc(-c2cnc3n2C[C@H]2CN(Cc4ccoc4)C[C@H]2C3)cc1. The molecule has 4 heterocycles. The van der Waals surface area contributed by atoms with Gasteiger partial charge in [0.15, 0.2) is 0 Å². The average molecular weight is 319 g/mol. The van der Waals surface area contributed by atoms with Gasteiger partial charge in [0.25, 0.3) is 0 Å². The highest BCUT2D eigenvalue weighted by Gasteiger charge is 2.37. The smallest absolute Gasteiger partial charge is 0.109 e. The molecule has 0 bridgehead atoms. The molecule has 2 aliphatic rings. The number of aromatic nitrogens is 2. The largest absolute Gasteiger partial charge is 0.472 e. The van der Waals surface area contributed by atoms with E-state index < -0.39 is 0 Å². The van der Waals surface area contributed by atoms with Crippen molar-refractivity contribution in [1.29, 1.82) is 0 Å². The average Bonchev–Trinajstić information content (AvgIpc) is 3.32. The predicted octanol–water partition coefficient (Wildman–Crippen LogP) is 3.45. The number of imidazole rings is 1. The van der Waals surface area contributed by atoms with Crippen molar-refractivity contribution in [3.63, 3.8) is 0 Å². The number of nitrogens with zero attached hydrogens (tertiary/aromatic N) is 3. The van der Waals surface area contributed by atoms with Gasteiger partial charge in [-0.15, -0.1) is 0 Å². The molecule has 3 aromatic rings. The molecule has 0 aliphatic carbocycles. The van der Waals surface area contributed by atoms with Crippen LogP contribution in [0.5, 0.6) is 0 Å². The van der Waals surface area contributed by atoms with Crippen molar-refractivity contribution < 1.29 is 4.42 Å². The summed E-state index contributed by atoms with van der Waals surface area (Å²) < 4.78 is 7.65. The van der Waals surface area contributed by atoms with Crippen molar-refractivity contribution in [2.75, 3.05) is 13.1 Å². The van der Waals surface area contributed by atoms with Gasteiger partial charge in [0.1, 0.15) is 5.82 Å². The summed E-state index contributed by atoms with van der Waals surface area (Å²) in [5.74, 6) is 2.71. The van der Waals surface area contributed by atoms with E-state index in [9.17, 15) is 0 Å². The molecule has 0 unspecified atom stereocenters. The normalized spacial score (nSPS) is 23.2. The Morgan fingerprint density at radius 1 is 1.04 bits per heavy atom. The zero-order chi connectivity index (χ0) is 15.9. The maximum absolute atomic E-state index is 5.21. The monoisotopic (exact) mass is 319 g/mol. The Labute approximate surface area is 141 Å². The minimum atomic E-state index is 0.723. The van der Waals surface area contributed by atoms with Gasteiger partial charge in [0.05, 0.1) is 24.4 Å². The lowest BCUT2D eigenvalue weighted by molar-refractivity contribution is 0.306. The maximum Gasteiger partial charge on any atom is 0.109 e. The number of furan rings is 1. The molecule has 1 fully saturated rings. The molecule has 24 heavy (non-hydrogen) atoms. The summed E-state index contributed by atoms with van der Waals surface area (Å²) in [7, 11) is 0. The highest BCUT2D eigenvalue weighted by molar-refractivity contribution is 5.59. The second kappa shape index (κ2) is 5.64. The number of rotatable bonds is 3. The highest BCUT2D eigenvalue weighted by Crippen LogP contribution is 2.35. The first-order valence-electron chi connectivity index (χ1n) is 8.70. The lowest BCUT2D eigenvalue weighted by atomic mass is 9.89. The van der Waals surface area contributed by atoms with E-state index in [1.54, 1.807) is 6.26 Å². The Kier molecular flexibility index (Phi) is 3.30. The van der Waals surface area contributed by atoms with Crippen molar-refractivity contribution in [3.8, 4) is 11.3 Å². The summed E-state index contributed by atoms with van der Waals surface area (Å²) in [5, 5.41) is 0. The zero-order valence-electron chi connectivity index (χ0n) is 13.6. The molecule has 2 aromatic heterocycles. The van der Waals surface area contributed by atoms with Crippen LogP contribution in [0.3, 0.4) is 0 Å². The molecule has 2 aliphatic heterocycles. The minimum absolute atomic E-state index is 0.723. The molecule has 0 spiro atoms. The second-order valence-corrected chi connectivity index (χ2v) is 7.09. The third kappa shape index (κ3) is 2.38. The molecule has 0 amide bonds. The maximum atomic E-state index is 5.21. The van der Waals surface area contributed by atoms with Gasteiger partial charge in [-0.05, 0) is 23.5 Å². The Hall–Kier alpha value is -2.33. The number of fused-ring (bicyclic) bond motifs is 2. The molecule has 0 saturated carbocycles. The third-order valence-corrected chi connectivity index (χ3v) is 5.51. The van der Waals surface area contributed by atoms with Gasteiger partial charge in [-0.3, -0.25) is 4.90 Å². The quantitative estimate of drug-likeness (QED) is 0.741. The first-order chi connectivity index (χ1) is 11.9. The van der Waals surface area contributed by atoms with Crippen LogP contribution >= 0.6 is 0 Å². The van der Waals surface area contributed by atoms with E-state index in [1.165, 1.54) is 35.7 Å². The van der Waals surface area contributed by atoms with Gasteiger partial charge in [0, 0.05) is 38.2 Å². The topological polar surface area (TPSA) is 34.2 Å². The summed E-state index contributed by atoms with van der Waals surface area (Å²) in [6.45, 7) is 4.43. The molecule has 4 heteroatoms. The van der Waals surface area contributed by atoms with Crippen molar-refractivity contribution in [3.05, 3.63) is 66.5 Å². The highest BCUT2D eigenvalue weighted by atomic mass is 16.3. The van der Waals surface area contributed by atoms with E-state index in [0.29, 0.717) is 0 Å². The Bertz CT molecular complexity index is 822. The molecular weight excluding hydrogens is 298 g/mol. The third-order valence-electron chi connectivity index (χ3n) is 5.51. The lowest BCUT2D eigenvalue weighted by Crippen LogP contribution is -2.28. The van der Waals surface area contributed by atoms with Crippen molar-refractivity contribution in [1.82, 2.24) is 14.5 Å². The first-order valence-corrected chi connectivity index (χ1v) is 8.70. The standard InChI is InChI=1S/C20H21N3O/c1-2-4-16(5-3-1)19-9-21-20-8-17-11-22(10-15-6-7-24-14-15)12-18(17)13-23(19)20/h1-7,9,14,17-18H,8,10-13H2/t17-,18-/m1/s1. The van der Waals surface area contributed by atoms with Crippen LogP contribution in [0.2, 0.25) is 0 Å². The number of hydrogen-bond donors (Lipinski definition) is 0. The molecule has 2 atom stereocenters. The molecule has 122 valence electrons. The van der Waals surface area contributed by atoms with Gasteiger partial charge in [-0.25, -0.2) is 4.98 Å². The Morgan fingerprint density at radius 2 is 1.92 bits per heavy atom. The van der Waals surface area contributed by atoms with E-state index in [1.807, 2.05) is 6.26 Å². The fourth-order valence-corrected chi connectivity index (χ4v) is 4.33. The van der Waals surface area contributed by atoms with E-state index in [0.717, 1.165) is 31.3 Å². The van der Waals surface area contributed by atoms with Gasteiger partial charge >= 0.3 is 0 Å². The summed E-state index contributed by atoms with van der Waals surface area (Å²) in [4.78, 5) is 7.29. The van der Waals surface area contributed by atoms with Crippen LogP contribution in [-0.4, -0.2) is 27.5 Å². The molecule has 1 aromatic carbocycles. The van der Waals surface area contributed by atoms with Crippen molar-refractivity contribution in [2.45, 2.75) is 19.5 Å².